The van der Waals surface area contributed by atoms with Gasteiger partial charge in [-0.3, -0.25) is 10.1 Å². The molecular weight excluding hydrogens is 120 g/mol. The predicted octanol–water partition coefficient (Wildman–Crippen LogP) is 0.130. The molecule has 4 nitrogen and oxygen atoms in total. The highest BCUT2D eigenvalue weighted by Gasteiger charge is 2.24. The SMILES string of the molecule is CN1[C]C([N+](=O)[O-])C=C1. The normalized spacial score (nSPS) is 25.0. The van der Waals surface area contributed by atoms with Gasteiger partial charge < -0.3 is 4.90 Å². The van der Waals surface area contributed by atoms with Gasteiger partial charge in [-0.15, -0.1) is 0 Å². The van der Waals surface area contributed by atoms with Gasteiger partial charge in [-0.1, -0.05) is 0 Å². The number of rotatable bonds is 1. The molecular formula is C5H6N2O2. The van der Waals surface area contributed by atoms with Gasteiger partial charge in [0.15, 0.2) is 6.54 Å². The lowest BCUT2D eigenvalue weighted by Gasteiger charge is -2.02. The predicted molar refractivity (Wildman–Crippen MR) is 30.9 cm³/mol. The molecule has 2 radical (unpaired) electrons. The Morgan fingerprint density at radius 2 is 2.56 bits per heavy atom. The summed E-state index contributed by atoms with van der Waals surface area (Å²) < 4.78 is 0. The molecule has 1 aliphatic rings. The molecule has 4 heteroatoms. The minimum absolute atomic E-state index is 0.389. The van der Waals surface area contributed by atoms with Gasteiger partial charge in [-0.2, -0.15) is 0 Å². The van der Waals surface area contributed by atoms with E-state index in [9.17, 15) is 10.1 Å². The largest absolute Gasteiger partial charge is 0.364 e. The van der Waals surface area contributed by atoms with Crippen molar-refractivity contribution in [1.82, 2.24) is 4.90 Å². The first kappa shape index (κ1) is 6.07. The fourth-order valence-corrected chi connectivity index (χ4v) is 0.623. The summed E-state index contributed by atoms with van der Waals surface area (Å²) >= 11 is 0. The van der Waals surface area contributed by atoms with Crippen LogP contribution in [0.2, 0.25) is 0 Å². The van der Waals surface area contributed by atoms with E-state index in [2.05, 4.69) is 6.54 Å². The van der Waals surface area contributed by atoms with E-state index in [-0.39, 0.29) is 4.92 Å². The lowest BCUT2D eigenvalue weighted by Crippen LogP contribution is -2.18. The number of hydrogen-bond donors (Lipinski definition) is 0. The minimum atomic E-state index is -0.741. The van der Waals surface area contributed by atoms with Crippen molar-refractivity contribution in [3.63, 3.8) is 0 Å². The Bertz CT molecular complexity index is 155. The van der Waals surface area contributed by atoms with Crippen molar-refractivity contribution in [2.45, 2.75) is 6.04 Å². The van der Waals surface area contributed by atoms with Gasteiger partial charge in [-0.05, 0) is 0 Å². The van der Waals surface area contributed by atoms with Crippen LogP contribution in [0.3, 0.4) is 0 Å². The monoisotopic (exact) mass is 126 g/mol. The summed E-state index contributed by atoms with van der Waals surface area (Å²) in [5.74, 6) is 0. The van der Waals surface area contributed by atoms with Crippen LogP contribution >= 0.6 is 0 Å². The van der Waals surface area contributed by atoms with E-state index in [1.165, 1.54) is 6.08 Å². The first-order valence-electron chi connectivity index (χ1n) is 2.51. The molecule has 1 heterocycles. The third kappa shape index (κ3) is 1.19. The first-order valence-corrected chi connectivity index (χ1v) is 2.51. The summed E-state index contributed by atoms with van der Waals surface area (Å²) in [6.07, 6.45) is 3.10. The molecule has 0 spiro atoms. The van der Waals surface area contributed by atoms with Crippen LogP contribution in [0.15, 0.2) is 12.3 Å². The van der Waals surface area contributed by atoms with E-state index >= 15 is 0 Å². The van der Waals surface area contributed by atoms with Crippen LogP contribution in [0.5, 0.6) is 0 Å². The molecule has 0 amide bonds. The van der Waals surface area contributed by atoms with E-state index < -0.39 is 6.04 Å². The van der Waals surface area contributed by atoms with Gasteiger partial charge in [0, 0.05) is 24.2 Å². The highest BCUT2D eigenvalue weighted by Crippen LogP contribution is 2.09. The third-order valence-corrected chi connectivity index (χ3v) is 1.05. The van der Waals surface area contributed by atoms with E-state index in [1.54, 1.807) is 18.1 Å². The zero-order chi connectivity index (χ0) is 6.85. The summed E-state index contributed by atoms with van der Waals surface area (Å²) in [7, 11) is 1.71. The molecule has 1 rings (SSSR count). The molecule has 1 atom stereocenters. The van der Waals surface area contributed by atoms with Crippen LogP contribution in [0, 0.1) is 16.7 Å². The summed E-state index contributed by atoms with van der Waals surface area (Å²) in [6.45, 7) is 2.58. The quantitative estimate of drug-likeness (QED) is 0.370. The van der Waals surface area contributed by atoms with Crippen LogP contribution in [-0.2, 0) is 0 Å². The van der Waals surface area contributed by atoms with Crippen LogP contribution in [0.4, 0.5) is 0 Å². The van der Waals surface area contributed by atoms with Crippen molar-refractivity contribution in [3.05, 3.63) is 28.9 Å². The Labute approximate surface area is 52.9 Å². The van der Waals surface area contributed by atoms with E-state index in [4.69, 9.17) is 0 Å². The van der Waals surface area contributed by atoms with Crippen LogP contribution in [-0.4, -0.2) is 22.9 Å². The van der Waals surface area contributed by atoms with Gasteiger partial charge >= 0.3 is 0 Å². The summed E-state index contributed by atoms with van der Waals surface area (Å²) in [5, 5.41) is 10.0. The van der Waals surface area contributed by atoms with Crippen molar-refractivity contribution in [1.29, 1.82) is 0 Å². The molecule has 0 bridgehead atoms. The van der Waals surface area contributed by atoms with Crippen molar-refractivity contribution in [2.24, 2.45) is 0 Å². The van der Waals surface area contributed by atoms with Crippen LogP contribution in [0.1, 0.15) is 0 Å². The fraction of sp³-hybridized carbons (Fsp3) is 0.400. The van der Waals surface area contributed by atoms with Gasteiger partial charge in [0.05, 0.1) is 0 Å². The number of likely N-dealkylation sites (N-methyl/N-ethyl adjacent to an activating group) is 1. The molecule has 0 aromatic carbocycles. The Morgan fingerprint density at radius 3 is 2.78 bits per heavy atom. The fourth-order valence-electron chi connectivity index (χ4n) is 0.623. The molecule has 0 aliphatic carbocycles. The van der Waals surface area contributed by atoms with Crippen molar-refractivity contribution in [3.8, 4) is 0 Å². The van der Waals surface area contributed by atoms with Crippen molar-refractivity contribution < 1.29 is 4.92 Å². The maximum absolute atomic E-state index is 10.0. The third-order valence-electron chi connectivity index (χ3n) is 1.05. The summed E-state index contributed by atoms with van der Waals surface area (Å²) in [5.41, 5.74) is 0. The Kier molecular flexibility index (Phi) is 1.38. The molecule has 0 aromatic heterocycles. The van der Waals surface area contributed by atoms with Gasteiger partial charge in [0.2, 0.25) is 0 Å². The standard InChI is InChI=1S/C5H6N2O2/c1-6-3-2-5(4-6)7(8)9/h2-3,5H,1H3. The molecule has 0 saturated heterocycles. The zero-order valence-corrected chi connectivity index (χ0v) is 4.94. The molecule has 0 saturated carbocycles. The average molecular weight is 126 g/mol. The van der Waals surface area contributed by atoms with Gasteiger partial charge in [0.25, 0.3) is 6.04 Å². The second-order valence-electron chi connectivity index (χ2n) is 1.81. The summed E-state index contributed by atoms with van der Waals surface area (Å²) in [4.78, 5) is 11.2. The van der Waals surface area contributed by atoms with E-state index in [1.807, 2.05) is 0 Å². The molecule has 9 heavy (non-hydrogen) atoms. The molecule has 1 unspecified atom stereocenters. The zero-order valence-electron chi connectivity index (χ0n) is 4.94. The Balaban J connectivity index is 2.50. The lowest BCUT2D eigenvalue weighted by molar-refractivity contribution is -0.501. The second kappa shape index (κ2) is 2.05. The number of nitro groups is 1. The Hall–Kier alpha value is -1.06. The van der Waals surface area contributed by atoms with Crippen LogP contribution in [0.25, 0.3) is 0 Å². The highest BCUT2D eigenvalue weighted by atomic mass is 16.6. The first-order chi connectivity index (χ1) is 4.20. The lowest BCUT2D eigenvalue weighted by atomic mass is 10.3. The van der Waals surface area contributed by atoms with Gasteiger partial charge in [-0.25, -0.2) is 0 Å². The number of nitrogens with zero attached hydrogens (tertiary/aromatic N) is 2. The maximum atomic E-state index is 10.0. The van der Waals surface area contributed by atoms with E-state index in [0.717, 1.165) is 0 Å². The molecule has 0 fully saturated rings. The minimum Gasteiger partial charge on any atom is -0.364 e. The van der Waals surface area contributed by atoms with Crippen LogP contribution < -0.4 is 0 Å². The highest BCUT2D eigenvalue weighted by molar-refractivity contribution is 5.04. The molecule has 1 aliphatic heterocycles. The van der Waals surface area contributed by atoms with Gasteiger partial charge in [0.1, 0.15) is 0 Å². The Morgan fingerprint density at radius 1 is 1.89 bits per heavy atom. The molecule has 0 aromatic rings. The topological polar surface area (TPSA) is 46.4 Å². The van der Waals surface area contributed by atoms with E-state index in [0.29, 0.717) is 0 Å². The average Bonchev–Trinajstić information content (AvgIpc) is 2.14. The van der Waals surface area contributed by atoms with Crippen molar-refractivity contribution >= 4 is 0 Å². The van der Waals surface area contributed by atoms with Crippen molar-refractivity contribution in [2.75, 3.05) is 7.05 Å². The smallest absolute Gasteiger partial charge is 0.261 e. The molecule has 48 valence electrons. The molecule has 0 N–H and O–H groups in total. The number of hydrogen-bond acceptors (Lipinski definition) is 3. The summed E-state index contributed by atoms with van der Waals surface area (Å²) in [6, 6.07) is -0.741. The maximum Gasteiger partial charge on any atom is 0.261 e. The second-order valence-corrected chi connectivity index (χ2v) is 1.81.